The quantitative estimate of drug-likeness (QED) is 0.314. The molecule has 1 fully saturated rings. The first-order valence-corrected chi connectivity index (χ1v) is 9.61. The fourth-order valence-electron chi connectivity index (χ4n) is 3.36. The number of rotatable bonds is 8. The van der Waals surface area contributed by atoms with Crippen molar-refractivity contribution in [2.45, 2.75) is 6.04 Å². The highest BCUT2D eigenvalue weighted by atomic mass is 16.5. The van der Waals surface area contributed by atoms with Crippen LogP contribution in [0.3, 0.4) is 0 Å². The highest BCUT2D eigenvalue weighted by molar-refractivity contribution is 6.46. The first-order chi connectivity index (χ1) is 14.4. The van der Waals surface area contributed by atoms with E-state index in [1.54, 1.807) is 36.4 Å². The lowest BCUT2D eigenvalue weighted by Crippen LogP contribution is -2.35. The van der Waals surface area contributed by atoms with Crippen molar-refractivity contribution in [3.63, 3.8) is 0 Å². The molecule has 1 atom stereocenters. The zero-order chi connectivity index (χ0) is 21.7. The predicted octanol–water partition coefficient (Wildman–Crippen LogP) is 2.63. The van der Waals surface area contributed by atoms with Gasteiger partial charge in [0.15, 0.2) is 0 Å². The molecule has 30 heavy (non-hydrogen) atoms. The molecule has 7 nitrogen and oxygen atoms in total. The van der Waals surface area contributed by atoms with Gasteiger partial charge in [-0.05, 0) is 43.9 Å². The lowest BCUT2D eigenvalue weighted by molar-refractivity contribution is -0.140. The summed E-state index contributed by atoms with van der Waals surface area (Å²) >= 11 is 0. The smallest absolute Gasteiger partial charge is 0.295 e. The van der Waals surface area contributed by atoms with Crippen LogP contribution in [0, 0.1) is 0 Å². The average molecular weight is 407 g/mol. The van der Waals surface area contributed by atoms with Crippen molar-refractivity contribution in [2.24, 2.45) is 0 Å². The van der Waals surface area contributed by atoms with Gasteiger partial charge in [-0.1, -0.05) is 24.8 Å². The number of carbonyl (C=O) groups is 2. The number of hydrogen-bond donors (Lipinski definition) is 1. The van der Waals surface area contributed by atoms with Crippen LogP contribution in [0.25, 0.3) is 5.76 Å². The second-order valence-corrected chi connectivity index (χ2v) is 7.20. The number of aliphatic hydroxyl groups excluding tert-OH is 1. The second-order valence-electron chi connectivity index (χ2n) is 7.20. The first-order valence-electron chi connectivity index (χ1n) is 9.61. The molecular formula is C23H25N3O4. The molecular weight excluding hydrogens is 382 g/mol. The van der Waals surface area contributed by atoms with E-state index in [4.69, 9.17) is 4.74 Å². The van der Waals surface area contributed by atoms with Crippen molar-refractivity contribution in [1.29, 1.82) is 0 Å². The maximum Gasteiger partial charge on any atom is 0.295 e. The Morgan fingerprint density at radius 1 is 1.27 bits per heavy atom. The third kappa shape index (κ3) is 4.41. The minimum Gasteiger partial charge on any atom is -0.507 e. The average Bonchev–Trinajstić information content (AvgIpc) is 3.01. The standard InChI is InChI=1S/C23H25N3O4/c1-4-14-30-18-7-5-6-17(15-18)20-19(21(27)16-8-10-24-11-9-16)22(28)23(29)26(20)13-12-25(2)3/h4-11,15,20,27H,1,12-14H2,2-3H3/b21-19+. The van der Waals surface area contributed by atoms with Crippen molar-refractivity contribution in [3.8, 4) is 5.75 Å². The Kier molecular flexibility index (Phi) is 6.64. The second kappa shape index (κ2) is 9.37. The molecule has 0 aliphatic carbocycles. The molecule has 1 saturated heterocycles. The number of likely N-dealkylation sites (tertiary alicyclic amines) is 1. The summed E-state index contributed by atoms with van der Waals surface area (Å²) in [5, 5.41) is 10.9. The number of hydrogen-bond acceptors (Lipinski definition) is 6. The van der Waals surface area contributed by atoms with E-state index in [0.717, 1.165) is 0 Å². The van der Waals surface area contributed by atoms with Crippen LogP contribution < -0.4 is 4.74 Å². The highest BCUT2D eigenvalue weighted by Gasteiger charge is 2.46. The molecule has 0 spiro atoms. The number of aliphatic hydroxyl groups is 1. The zero-order valence-electron chi connectivity index (χ0n) is 17.1. The van der Waals surface area contributed by atoms with Crippen molar-refractivity contribution in [1.82, 2.24) is 14.8 Å². The Balaban J connectivity index is 2.11. The summed E-state index contributed by atoms with van der Waals surface area (Å²) in [4.78, 5) is 33.2. The Labute approximate surface area is 175 Å². The molecule has 1 N–H and O–H groups in total. The SMILES string of the molecule is C=CCOc1cccc(C2/C(=C(\O)c3ccncc3)C(=O)C(=O)N2CCN(C)C)c1. The Morgan fingerprint density at radius 2 is 2.00 bits per heavy atom. The Hall–Kier alpha value is -3.45. The van der Waals surface area contributed by atoms with E-state index < -0.39 is 17.7 Å². The van der Waals surface area contributed by atoms with Crippen molar-refractivity contribution < 1.29 is 19.4 Å². The van der Waals surface area contributed by atoms with Gasteiger partial charge in [0.1, 0.15) is 18.1 Å². The van der Waals surface area contributed by atoms with Crippen LogP contribution in [0.1, 0.15) is 17.2 Å². The van der Waals surface area contributed by atoms with Gasteiger partial charge >= 0.3 is 0 Å². The number of likely N-dealkylation sites (N-methyl/N-ethyl adjacent to an activating group) is 1. The van der Waals surface area contributed by atoms with Gasteiger partial charge in [0.2, 0.25) is 0 Å². The van der Waals surface area contributed by atoms with Crippen LogP contribution in [0.15, 0.2) is 67.0 Å². The zero-order valence-corrected chi connectivity index (χ0v) is 17.1. The number of carbonyl (C=O) groups excluding carboxylic acids is 2. The first kappa shape index (κ1) is 21.3. The molecule has 0 radical (unpaired) electrons. The van der Waals surface area contributed by atoms with Gasteiger partial charge < -0.3 is 19.6 Å². The molecule has 1 aliphatic rings. The lowest BCUT2D eigenvalue weighted by Gasteiger charge is -2.26. The minimum atomic E-state index is -0.717. The van der Waals surface area contributed by atoms with Gasteiger partial charge in [0, 0.05) is 31.0 Å². The topological polar surface area (TPSA) is 83.0 Å². The fourth-order valence-corrected chi connectivity index (χ4v) is 3.36. The van der Waals surface area contributed by atoms with Gasteiger partial charge in [-0.3, -0.25) is 14.6 Å². The van der Waals surface area contributed by atoms with Crippen LogP contribution in [0.5, 0.6) is 5.75 Å². The largest absolute Gasteiger partial charge is 0.507 e. The summed E-state index contributed by atoms with van der Waals surface area (Å²) < 4.78 is 5.62. The summed E-state index contributed by atoms with van der Waals surface area (Å²) in [6.45, 7) is 4.89. The van der Waals surface area contributed by atoms with Crippen LogP contribution in [-0.2, 0) is 9.59 Å². The number of ketones is 1. The third-order valence-corrected chi connectivity index (χ3v) is 4.82. The van der Waals surface area contributed by atoms with Crippen LogP contribution in [0.2, 0.25) is 0 Å². The molecule has 1 aromatic carbocycles. The minimum absolute atomic E-state index is 0.0610. The third-order valence-electron chi connectivity index (χ3n) is 4.82. The van der Waals surface area contributed by atoms with E-state index in [9.17, 15) is 14.7 Å². The van der Waals surface area contributed by atoms with Crippen LogP contribution in [0.4, 0.5) is 0 Å². The number of pyridine rings is 1. The highest BCUT2D eigenvalue weighted by Crippen LogP contribution is 2.40. The number of ether oxygens (including phenoxy) is 1. The monoisotopic (exact) mass is 407 g/mol. The van der Waals surface area contributed by atoms with E-state index >= 15 is 0 Å². The lowest BCUT2D eigenvalue weighted by atomic mass is 9.95. The van der Waals surface area contributed by atoms with Gasteiger partial charge in [0.25, 0.3) is 11.7 Å². The van der Waals surface area contributed by atoms with E-state index in [0.29, 0.717) is 36.6 Å². The summed E-state index contributed by atoms with van der Waals surface area (Å²) in [5.74, 6) is -0.958. The van der Waals surface area contributed by atoms with Gasteiger partial charge in [-0.25, -0.2) is 0 Å². The fraction of sp³-hybridized carbons (Fsp3) is 0.261. The van der Waals surface area contributed by atoms with Gasteiger partial charge in [0.05, 0.1) is 11.6 Å². The molecule has 7 heteroatoms. The maximum absolute atomic E-state index is 12.9. The number of nitrogens with zero attached hydrogens (tertiary/aromatic N) is 3. The van der Waals surface area contributed by atoms with Crippen LogP contribution in [-0.4, -0.2) is 65.4 Å². The number of aromatic nitrogens is 1. The molecule has 0 saturated carbocycles. The molecule has 2 aromatic rings. The molecule has 1 unspecified atom stereocenters. The van der Waals surface area contributed by atoms with E-state index in [-0.39, 0.29) is 11.3 Å². The van der Waals surface area contributed by atoms with Gasteiger partial charge in [-0.15, -0.1) is 0 Å². The Morgan fingerprint density at radius 3 is 2.67 bits per heavy atom. The number of Topliss-reactive ketones (excluding diaryl/α,β-unsaturated/α-hetero) is 1. The number of benzene rings is 1. The van der Waals surface area contributed by atoms with E-state index in [1.165, 1.54) is 17.3 Å². The molecule has 1 amide bonds. The number of amides is 1. The molecule has 3 rings (SSSR count). The summed E-state index contributed by atoms with van der Waals surface area (Å²) in [6.07, 6.45) is 4.69. The van der Waals surface area contributed by atoms with Crippen LogP contribution >= 0.6 is 0 Å². The van der Waals surface area contributed by atoms with Crippen molar-refractivity contribution in [3.05, 3.63) is 78.1 Å². The van der Waals surface area contributed by atoms with Crippen molar-refractivity contribution in [2.75, 3.05) is 33.8 Å². The van der Waals surface area contributed by atoms with Gasteiger partial charge in [-0.2, -0.15) is 0 Å². The predicted molar refractivity (Wildman–Crippen MR) is 114 cm³/mol. The van der Waals surface area contributed by atoms with E-state index in [2.05, 4.69) is 11.6 Å². The van der Waals surface area contributed by atoms with Crippen molar-refractivity contribution >= 4 is 17.4 Å². The molecule has 2 heterocycles. The van der Waals surface area contributed by atoms with E-state index in [1.807, 2.05) is 25.1 Å². The Bertz CT molecular complexity index is 969. The molecule has 1 aromatic heterocycles. The summed E-state index contributed by atoms with van der Waals surface area (Å²) in [5.41, 5.74) is 1.18. The maximum atomic E-state index is 12.9. The summed E-state index contributed by atoms with van der Waals surface area (Å²) in [7, 11) is 3.79. The molecule has 156 valence electrons. The molecule has 1 aliphatic heterocycles. The normalized spacial score (nSPS) is 18.1. The molecule has 0 bridgehead atoms. The summed E-state index contributed by atoms with van der Waals surface area (Å²) in [6, 6.07) is 9.67.